The van der Waals surface area contributed by atoms with Crippen LogP contribution in [0.2, 0.25) is 0 Å². The third-order valence-electron chi connectivity index (χ3n) is 6.89. The molecular weight excluding hydrogens is 334 g/mol. The number of esters is 1. The van der Waals surface area contributed by atoms with Crippen molar-refractivity contribution in [1.82, 2.24) is 0 Å². The molecule has 4 fully saturated rings. The van der Waals surface area contributed by atoms with Gasteiger partial charge in [0.2, 0.25) is 0 Å². The maximum absolute atomic E-state index is 12.8. The number of rotatable bonds is 5. The summed E-state index contributed by atoms with van der Waals surface area (Å²) in [7, 11) is 1.46. The summed E-state index contributed by atoms with van der Waals surface area (Å²) < 4.78 is 5.09. The van der Waals surface area contributed by atoms with Crippen LogP contribution in [0, 0.1) is 39.2 Å². The molecule has 1 aromatic carbocycles. The van der Waals surface area contributed by atoms with Gasteiger partial charge in [0.15, 0.2) is 5.78 Å². The van der Waals surface area contributed by atoms with Gasteiger partial charge in [-0.05, 0) is 55.8 Å². The van der Waals surface area contributed by atoms with E-state index in [0.29, 0.717) is 29.7 Å². The maximum Gasteiger partial charge on any atom is 0.311 e. The van der Waals surface area contributed by atoms with Crippen LogP contribution < -0.4 is 0 Å². The van der Waals surface area contributed by atoms with E-state index < -0.39 is 4.92 Å². The molecular formula is C20H23NO5. The predicted molar refractivity (Wildman–Crippen MR) is 93.5 cm³/mol. The maximum atomic E-state index is 12.8. The molecule has 4 saturated carbocycles. The second-order valence-electron chi connectivity index (χ2n) is 8.34. The summed E-state index contributed by atoms with van der Waals surface area (Å²) in [5.41, 5.74) is 0.0253. The van der Waals surface area contributed by atoms with E-state index in [1.165, 1.54) is 19.2 Å². The predicted octanol–water partition coefficient (Wildman–Crippen LogP) is 3.78. The number of hydrogen-bond donors (Lipinski definition) is 0. The summed E-state index contributed by atoms with van der Waals surface area (Å²) in [5.74, 6) is 1.48. The Hall–Kier alpha value is -2.24. The normalized spacial score (nSPS) is 34.5. The minimum absolute atomic E-state index is 0.0294. The van der Waals surface area contributed by atoms with Gasteiger partial charge < -0.3 is 4.74 Å². The minimum Gasteiger partial charge on any atom is -0.469 e. The summed E-state index contributed by atoms with van der Waals surface area (Å²) in [6.07, 6.45) is 5.15. The van der Waals surface area contributed by atoms with Crippen molar-refractivity contribution in [1.29, 1.82) is 0 Å². The van der Waals surface area contributed by atoms with Crippen LogP contribution in [-0.4, -0.2) is 23.8 Å². The zero-order valence-corrected chi connectivity index (χ0v) is 14.8. The number of Topliss-reactive ketones (excluding diaryl/α,β-unsaturated/α-hetero) is 1. The Morgan fingerprint density at radius 3 is 2.54 bits per heavy atom. The average molecular weight is 357 g/mol. The van der Waals surface area contributed by atoms with E-state index in [1.54, 1.807) is 12.1 Å². The van der Waals surface area contributed by atoms with Gasteiger partial charge in [0.05, 0.1) is 17.4 Å². The highest BCUT2D eigenvalue weighted by Gasteiger charge is 2.59. The molecule has 1 aromatic rings. The van der Waals surface area contributed by atoms with E-state index >= 15 is 0 Å². The summed E-state index contributed by atoms with van der Waals surface area (Å²) in [4.78, 5) is 35.6. The fourth-order valence-electron chi connectivity index (χ4n) is 6.05. The molecule has 4 bridgehead atoms. The first kappa shape index (κ1) is 17.2. The lowest BCUT2D eigenvalue weighted by atomic mass is 9.45. The zero-order valence-electron chi connectivity index (χ0n) is 14.8. The van der Waals surface area contributed by atoms with Crippen LogP contribution in [0.4, 0.5) is 5.69 Å². The molecule has 0 saturated heterocycles. The summed E-state index contributed by atoms with van der Waals surface area (Å²) in [6.45, 7) is 0. The fourth-order valence-corrected chi connectivity index (χ4v) is 6.05. The molecule has 0 radical (unpaired) electrons. The van der Waals surface area contributed by atoms with Crippen molar-refractivity contribution < 1.29 is 19.2 Å². The van der Waals surface area contributed by atoms with Crippen molar-refractivity contribution in [3.63, 3.8) is 0 Å². The van der Waals surface area contributed by atoms with Gasteiger partial charge in [-0.15, -0.1) is 0 Å². The monoisotopic (exact) mass is 357 g/mol. The Kier molecular flexibility index (Phi) is 4.09. The van der Waals surface area contributed by atoms with Gasteiger partial charge in [0.25, 0.3) is 5.69 Å². The van der Waals surface area contributed by atoms with Gasteiger partial charge in [0, 0.05) is 24.1 Å². The van der Waals surface area contributed by atoms with Crippen LogP contribution in [0.1, 0.15) is 48.9 Å². The summed E-state index contributed by atoms with van der Waals surface area (Å²) in [6, 6.07) is 5.99. The van der Waals surface area contributed by atoms with E-state index in [2.05, 4.69) is 0 Å². The van der Waals surface area contributed by atoms with Crippen molar-refractivity contribution >= 4 is 17.4 Å². The number of ketones is 1. The molecule has 0 aliphatic heterocycles. The number of carbonyl (C=O) groups excluding carboxylic acids is 2. The van der Waals surface area contributed by atoms with E-state index in [-0.39, 0.29) is 28.8 Å². The molecule has 2 atom stereocenters. The Morgan fingerprint density at radius 1 is 1.23 bits per heavy atom. The summed E-state index contributed by atoms with van der Waals surface area (Å²) >= 11 is 0. The SMILES string of the molecule is COC(=O)C12CC3CC(C1)C(CC(=O)c1cccc([N+](=O)[O-])c1)C(C3)C2. The Labute approximate surface area is 152 Å². The first-order chi connectivity index (χ1) is 12.4. The van der Waals surface area contributed by atoms with E-state index in [9.17, 15) is 19.7 Å². The third kappa shape index (κ3) is 2.72. The number of nitro groups is 1. The van der Waals surface area contributed by atoms with Crippen LogP contribution >= 0.6 is 0 Å². The lowest BCUT2D eigenvalue weighted by molar-refractivity contribution is -0.384. The Balaban J connectivity index is 1.52. The van der Waals surface area contributed by atoms with Gasteiger partial charge in [-0.2, -0.15) is 0 Å². The van der Waals surface area contributed by atoms with Crippen molar-refractivity contribution in [2.24, 2.45) is 29.1 Å². The zero-order chi connectivity index (χ0) is 18.5. The number of hydrogen-bond acceptors (Lipinski definition) is 5. The van der Waals surface area contributed by atoms with Gasteiger partial charge in [-0.1, -0.05) is 12.1 Å². The molecule has 6 nitrogen and oxygen atoms in total. The molecule has 5 rings (SSSR count). The van der Waals surface area contributed by atoms with Crippen LogP contribution in [-0.2, 0) is 9.53 Å². The van der Waals surface area contributed by atoms with Crippen molar-refractivity contribution in [2.45, 2.75) is 38.5 Å². The lowest BCUT2D eigenvalue weighted by Crippen LogP contribution is -2.54. The molecule has 0 amide bonds. The minimum atomic E-state index is -0.472. The number of nitro benzene ring substituents is 1. The number of benzene rings is 1. The van der Waals surface area contributed by atoms with Gasteiger partial charge in [0.1, 0.15) is 0 Å². The second kappa shape index (κ2) is 6.18. The number of non-ortho nitro benzene ring substituents is 1. The molecule has 4 aliphatic rings. The standard InChI is InChI=1S/C20H23NO5/c1-26-19(23)20-9-12-5-14(10-20)17(15(6-12)11-20)8-18(22)13-3-2-4-16(7-13)21(24)25/h2-4,7,12,14-15,17H,5-6,8-11H2,1H3. The number of ether oxygens (including phenoxy) is 1. The summed E-state index contributed by atoms with van der Waals surface area (Å²) in [5, 5.41) is 10.9. The van der Waals surface area contributed by atoms with Gasteiger partial charge in [-0.25, -0.2) is 0 Å². The number of carbonyl (C=O) groups is 2. The fraction of sp³-hybridized carbons (Fsp3) is 0.600. The first-order valence-electron chi connectivity index (χ1n) is 9.28. The largest absolute Gasteiger partial charge is 0.469 e. The molecule has 0 aromatic heterocycles. The quantitative estimate of drug-likeness (QED) is 0.346. The third-order valence-corrected chi connectivity index (χ3v) is 6.89. The lowest BCUT2D eigenvalue weighted by Gasteiger charge is -2.58. The average Bonchev–Trinajstić information content (AvgIpc) is 2.63. The second-order valence-corrected chi connectivity index (χ2v) is 8.34. The van der Waals surface area contributed by atoms with Crippen LogP contribution in [0.3, 0.4) is 0 Å². The van der Waals surface area contributed by atoms with E-state index in [4.69, 9.17) is 4.74 Å². The smallest absolute Gasteiger partial charge is 0.311 e. The van der Waals surface area contributed by atoms with E-state index in [1.807, 2.05) is 0 Å². The molecule has 6 heteroatoms. The van der Waals surface area contributed by atoms with Gasteiger partial charge >= 0.3 is 5.97 Å². The van der Waals surface area contributed by atoms with Crippen LogP contribution in [0.15, 0.2) is 24.3 Å². The molecule has 0 N–H and O–H groups in total. The van der Waals surface area contributed by atoms with Crippen molar-refractivity contribution in [3.05, 3.63) is 39.9 Å². The highest BCUT2D eigenvalue weighted by molar-refractivity contribution is 5.96. The molecule has 2 unspecified atom stereocenters. The van der Waals surface area contributed by atoms with E-state index in [0.717, 1.165) is 32.1 Å². The van der Waals surface area contributed by atoms with Crippen LogP contribution in [0.25, 0.3) is 0 Å². The Morgan fingerprint density at radius 2 is 1.92 bits per heavy atom. The first-order valence-corrected chi connectivity index (χ1v) is 9.28. The van der Waals surface area contributed by atoms with Crippen LogP contribution in [0.5, 0.6) is 0 Å². The Bertz CT molecular complexity index is 757. The molecule has 0 spiro atoms. The molecule has 0 heterocycles. The molecule has 138 valence electrons. The topological polar surface area (TPSA) is 86.5 Å². The highest BCUT2D eigenvalue weighted by atomic mass is 16.6. The van der Waals surface area contributed by atoms with Crippen molar-refractivity contribution in [2.75, 3.05) is 7.11 Å². The van der Waals surface area contributed by atoms with Crippen molar-refractivity contribution in [3.8, 4) is 0 Å². The molecule has 4 aliphatic carbocycles. The number of nitrogens with zero attached hydrogens (tertiary/aromatic N) is 1. The molecule has 26 heavy (non-hydrogen) atoms. The highest BCUT2D eigenvalue weighted by Crippen LogP contribution is 2.63. The number of methoxy groups -OCH3 is 1. The van der Waals surface area contributed by atoms with Gasteiger partial charge in [-0.3, -0.25) is 19.7 Å².